The van der Waals surface area contributed by atoms with E-state index in [1.807, 2.05) is 6.07 Å². The molecule has 0 radical (unpaired) electrons. The molecule has 0 unspecified atom stereocenters. The van der Waals surface area contributed by atoms with E-state index in [0.29, 0.717) is 11.0 Å². The van der Waals surface area contributed by atoms with Gasteiger partial charge in [0.2, 0.25) is 3.77 Å². The predicted octanol–water partition coefficient (Wildman–Crippen LogP) is 3.24. The third-order valence-corrected chi connectivity index (χ3v) is 2.66. The van der Waals surface area contributed by atoms with Crippen molar-refractivity contribution in [1.29, 1.82) is 5.26 Å². The molecule has 4 heteroatoms. The summed E-state index contributed by atoms with van der Waals surface area (Å²) in [6.45, 7) is 0. The van der Waals surface area contributed by atoms with Crippen molar-refractivity contribution in [2.24, 2.45) is 0 Å². The van der Waals surface area contributed by atoms with E-state index < -0.39 is 0 Å². The van der Waals surface area contributed by atoms with Crippen molar-refractivity contribution in [3.8, 4) is 6.07 Å². The van der Waals surface area contributed by atoms with Gasteiger partial charge in [0.1, 0.15) is 5.58 Å². The van der Waals surface area contributed by atoms with Crippen molar-refractivity contribution in [3.63, 3.8) is 0 Å². The fourth-order valence-electron chi connectivity index (χ4n) is 1.34. The SMILES string of the molecule is N#CCc1cccc2c(F)c(I)oc12. The van der Waals surface area contributed by atoms with Gasteiger partial charge < -0.3 is 4.42 Å². The fraction of sp³-hybridized carbons (Fsp3) is 0.100. The highest BCUT2D eigenvalue weighted by Crippen LogP contribution is 2.28. The van der Waals surface area contributed by atoms with Gasteiger partial charge >= 0.3 is 0 Å². The van der Waals surface area contributed by atoms with Crippen molar-refractivity contribution in [3.05, 3.63) is 33.3 Å². The minimum atomic E-state index is -0.347. The standard InChI is InChI=1S/C10H5FINO/c11-8-7-3-1-2-6(4-5-13)9(7)14-10(8)12/h1-3H,4H2. The molecule has 0 amide bonds. The molecule has 70 valence electrons. The Hall–Kier alpha value is -1.09. The van der Waals surface area contributed by atoms with Crippen molar-refractivity contribution >= 4 is 33.6 Å². The van der Waals surface area contributed by atoms with E-state index in [-0.39, 0.29) is 16.0 Å². The predicted molar refractivity (Wildman–Crippen MR) is 58.2 cm³/mol. The Morgan fingerprint density at radius 1 is 1.50 bits per heavy atom. The lowest BCUT2D eigenvalue weighted by molar-refractivity contribution is 0.526. The van der Waals surface area contributed by atoms with E-state index in [4.69, 9.17) is 9.68 Å². The number of furan rings is 1. The number of para-hydroxylation sites is 1. The van der Waals surface area contributed by atoms with E-state index in [1.54, 1.807) is 40.8 Å². The molecular formula is C10H5FINO. The molecule has 0 spiro atoms. The molecule has 0 aliphatic carbocycles. The van der Waals surface area contributed by atoms with Crippen molar-refractivity contribution in [2.45, 2.75) is 6.42 Å². The zero-order valence-electron chi connectivity index (χ0n) is 7.05. The molecule has 0 saturated heterocycles. The molecule has 0 bridgehead atoms. The molecule has 0 atom stereocenters. The summed E-state index contributed by atoms with van der Waals surface area (Å²) >= 11 is 1.80. The highest BCUT2D eigenvalue weighted by Gasteiger charge is 2.13. The number of fused-ring (bicyclic) bond motifs is 1. The van der Waals surface area contributed by atoms with Crippen molar-refractivity contribution in [2.75, 3.05) is 0 Å². The van der Waals surface area contributed by atoms with Gasteiger partial charge in [0.15, 0.2) is 5.82 Å². The third-order valence-electron chi connectivity index (χ3n) is 1.97. The van der Waals surface area contributed by atoms with Gasteiger partial charge in [0.05, 0.1) is 17.9 Å². The zero-order valence-corrected chi connectivity index (χ0v) is 9.21. The first-order chi connectivity index (χ1) is 6.74. The lowest BCUT2D eigenvalue weighted by Gasteiger charge is -1.94. The Bertz CT molecular complexity index is 527. The third kappa shape index (κ3) is 1.38. The van der Waals surface area contributed by atoms with Crippen LogP contribution in [0.3, 0.4) is 0 Å². The minimum absolute atomic E-state index is 0.236. The Morgan fingerprint density at radius 3 is 3.00 bits per heavy atom. The van der Waals surface area contributed by atoms with Crippen LogP contribution in [0, 0.1) is 20.9 Å². The summed E-state index contributed by atoms with van der Waals surface area (Å²) in [4.78, 5) is 0. The summed E-state index contributed by atoms with van der Waals surface area (Å²) in [6, 6.07) is 7.16. The van der Waals surface area contributed by atoms with Crippen LogP contribution in [0.1, 0.15) is 5.56 Å². The fourth-order valence-corrected chi connectivity index (χ4v) is 1.85. The molecule has 0 N–H and O–H groups in total. The molecule has 0 saturated carbocycles. The monoisotopic (exact) mass is 301 g/mol. The second-order valence-electron chi connectivity index (χ2n) is 2.82. The number of nitriles is 1. The van der Waals surface area contributed by atoms with Gasteiger partial charge in [0, 0.05) is 28.2 Å². The molecule has 1 heterocycles. The smallest absolute Gasteiger partial charge is 0.200 e. The first-order valence-corrected chi connectivity index (χ1v) is 5.04. The summed E-state index contributed by atoms with van der Waals surface area (Å²) in [6.07, 6.45) is 0.236. The summed E-state index contributed by atoms with van der Waals surface area (Å²) in [5.41, 5.74) is 1.21. The molecule has 0 aliphatic heterocycles. The van der Waals surface area contributed by atoms with Crippen LogP contribution in [-0.2, 0) is 6.42 Å². The van der Waals surface area contributed by atoms with E-state index in [0.717, 1.165) is 5.56 Å². The van der Waals surface area contributed by atoms with Crippen LogP contribution in [0.2, 0.25) is 0 Å². The largest absolute Gasteiger partial charge is 0.447 e. The Labute approximate surface area is 93.5 Å². The van der Waals surface area contributed by atoms with Gasteiger partial charge in [0.25, 0.3) is 0 Å². The molecular weight excluding hydrogens is 296 g/mol. The van der Waals surface area contributed by atoms with E-state index in [1.165, 1.54) is 0 Å². The molecule has 1 aromatic carbocycles. The van der Waals surface area contributed by atoms with Gasteiger partial charge in [-0.1, -0.05) is 12.1 Å². The Balaban J connectivity index is 2.76. The average Bonchev–Trinajstić information content (AvgIpc) is 2.46. The maximum absolute atomic E-state index is 13.4. The maximum Gasteiger partial charge on any atom is 0.200 e. The summed E-state index contributed by atoms with van der Waals surface area (Å²) in [5, 5.41) is 9.01. The van der Waals surface area contributed by atoms with Crippen LogP contribution in [-0.4, -0.2) is 0 Å². The van der Waals surface area contributed by atoms with Crippen LogP contribution in [0.5, 0.6) is 0 Å². The second-order valence-corrected chi connectivity index (χ2v) is 3.80. The molecule has 2 nitrogen and oxygen atoms in total. The number of halogens is 2. The number of hydrogen-bond acceptors (Lipinski definition) is 2. The minimum Gasteiger partial charge on any atom is -0.447 e. The summed E-state index contributed by atoms with van der Waals surface area (Å²) in [5.74, 6) is -0.347. The van der Waals surface area contributed by atoms with Crippen molar-refractivity contribution < 1.29 is 8.81 Å². The summed E-state index contributed by atoms with van der Waals surface area (Å²) in [7, 11) is 0. The van der Waals surface area contributed by atoms with Crippen LogP contribution in [0.4, 0.5) is 4.39 Å². The Morgan fingerprint density at radius 2 is 2.29 bits per heavy atom. The molecule has 0 aliphatic rings. The van der Waals surface area contributed by atoms with E-state index >= 15 is 0 Å². The average molecular weight is 301 g/mol. The van der Waals surface area contributed by atoms with Gasteiger partial charge in [-0.15, -0.1) is 0 Å². The van der Waals surface area contributed by atoms with Crippen molar-refractivity contribution in [1.82, 2.24) is 0 Å². The van der Waals surface area contributed by atoms with Crippen LogP contribution >= 0.6 is 22.6 Å². The molecule has 2 aromatic rings. The van der Waals surface area contributed by atoms with E-state index in [2.05, 4.69) is 0 Å². The summed E-state index contributed by atoms with van der Waals surface area (Å²) < 4.78 is 18.9. The lowest BCUT2D eigenvalue weighted by Crippen LogP contribution is -1.81. The van der Waals surface area contributed by atoms with Crippen LogP contribution in [0.25, 0.3) is 11.0 Å². The topological polar surface area (TPSA) is 36.9 Å². The quantitative estimate of drug-likeness (QED) is 0.758. The highest BCUT2D eigenvalue weighted by molar-refractivity contribution is 14.1. The van der Waals surface area contributed by atoms with Crippen LogP contribution < -0.4 is 0 Å². The molecule has 2 rings (SSSR count). The first kappa shape index (κ1) is 9.46. The van der Waals surface area contributed by atoms with E-state index in [9.17, 15) is 4.39 Å². The van der Waals surface area contributed by atoms with Gasteiger partial charge in [-0.2, -0.15) is 5.26 Å². The Kier molecular flexibility index (Phi) is 2.42. The highest BCUT2D eigenvalue weighted by atomic mass is 127. The normalized spacial score (nSPS) is 10.4. The lowest BCUT2D eigenvalue weighted by atomic mass is 10.1. The van der Waals surface area contributed by atoms with Gasteiger partial charge in [-0.05, 0) is 6.07 Å². The maximum atomic E-state index is 13.4. The zero-order chi connectivity index (χ0) is 10.1. The number of benzene rings is 1. The first-order valence-electron chi connectivity index (χ1n) is 3.96. The molecule has 14 heavy (non-hydrogen) atoms. The molecule has 0 fully saturated rings. The van der Waals surface area contributed by atoms with Gasteiger partial charge in [-0.3, -0.25) is 0 Å². The van der Waals surface area contributed by atoms with Crippen LogP contribution in [0.15, 0.2) is 22.6 Å². The number of nitrogens with zero attached hydrogens (tertiary/aromatic N) is 1. The number of hydrogen-bond donors (Lipinski definition) is 0. The van der Waals surface area contributed by atoms with Gasteiger partial charge in [-0.25, -0.2) is 4.39 Å². The number of rotatable bonds is 1. The second kappa shape index (κ2) is 3.58. The molecule has 1 aromatic heterocycles.